The van der Waals surface area contributed by atoms with E-state index >= 15 is 0 Å². The Balaban J connectivity index is 1.62. The lowest BCUT2D eigenvalue weighted by molar-refractivity contribution is -0.218. The first kappa shape index (κ1) is 25.7. The molecule has 2 bridgehead atoms. The third-order valence-corrected chi connectivity index (χ3v) is 11.6. The summed E-state index contributed by atoms with van der Waals surface area (Å²) in [6, 6.07) is 0. The topological polar surface area (TPSA) is 69.7 Å². The van der Waals surface area contributed by atoms with Crippen LogP contribution in [0, 0.1) is 45.8 Å². The summed E-state index contributed by atoms with van der Waals surface area (Å²) in [4.78, 5) is 40.4. The molecule has 5 saturated carbocycles. The zero-order valence-corrected chi connectivity index (χ0v) is 22.6. The predicted octanol–water partition coefficient (Wildman–Crippen LogP) is 6.21. The number of allylic oxidation sites excluding steroid dienone is 1. The molecule has 0 radical (unpaired) electrons. The number of esters is 2. The van der Waals surface area contributed by atoms with Crippen molar-refractivity contribution in [2.24, 2.45) is 45.8 Å². The first-order valence-corrected chi connectivity index (χ1v) is 14.2. The molecule has 198 valence electrons. The smallest absolute Gasteiger partial charge is 0.309 e. The molecule has 0 amide bonds. The van der Waals surface area contributed by atoms with Gasteiger partial charge in [-0.05, 0) is 68.3 Å². The van der Waals surface area contributed by atoms with Crippen LogP contribution in [-0.4, -0.2) is 29.9 Å². The Kier molecular flexibility index (Phi) is 6.32. The minimum Gasteiger partial charge on any atom is -0.462 e. The van der Waals surface area contributed by atoms with E-state index in [4.69, 9.17) is 9.47 Å². The van der Waals surface area contributed by atoms with Gasteiger partial charge in [-0.1, -0.05) is 53.2 Å². The number of ether oxygens (including phenoxy) is 2. The van der Waals surface area contributed by atoms with Gasteiger partial charge >= 0.3 is 11.9 Å². The van der Waals surface area contributed by atoms with Crippen LogP contribution in [0.4, 0.5) is 0 Å². The van der Waals surface area contributed by atoms with E-state index < -0.39 is 23.0 Å². The summed E-state index contributed by atoms with van der Waals surface area (Å²) < 4.78 is 12.9. The second kappa shape index (κ2) is 8.84. The van der Waals surface area contributed by atoms with Crippen LogP contribution in [0.3, 0.4) is 0 Å². The Morgan fingerprint density at radius 3 is 2.08 bits per heavy atom. The fraction of sp³-hybridized carbons (Fsp3) is 0.774. The van der Waals surface area contributed by atoms with E-state index in [-0.39, 0.29) is 52.7 Å². The van der Waals surface area contributed by atoms with E-state index in [1.807, 2.05) is 6.08 Å². The molecule has 5 heteroatoms. The molecule has 0 spiro atoms. The highest BCUT2D eigenvalue weighted by Gasteiger charge is 2.70. The van der Waals surface area contributed by atoms with Gasteiger partial charge in [-0.25, -0.2) is 0 Å². The van der Waals surface area contributed by atoms with Gasteiger partial charge in [0.2, 0.25) is 0 Å². The zero-order valence-electron chi connectivity index (χ0n) is 22.6. The van der Waals surface area contributed by atoms with Crippen molar-refractivity contribution in [3.05, 3.63) is 24.8 Å². The highest BCUT2D eigenvalue weighted by molar-refractivity contribution is 6.00. The van der Waals surface area contributed by atoms with Crippen molar-refractivity contribution in [2.45, 2.75) is 104 Å². The Morgan fingerprint density at radius 1 is 0.972 bits per heavy atom. The highest BCUT2D eigenvalue weighted by Crippen LogP contribution is 2.69. The summed E-state index contributed by atoms with van der Waals surface area (Å²) >= 11 is 0. The van der Waals surface area contributed by atoms with Crippen molar-refractivity contribution in [3.63, 3.8) is 0 Å². The van der Waals surface area contributed by atoms with Gasteiger partial charge in [0, 0.05) is 22.7 Å². The van der Waals surface area contributed by atoms with Gasteiger partial charge < -0.3 is 9.47 Å². The molecule has 0 saturated heterocycles. The lowest BCUT2D eigenvalue weighted by Gasteiger charge is -2.62. The molecule has 0 N–H and O–H groups in total. The monoisotopic (exact) mass is 496 g/mol. The van der Waals surface area contributed by atoms with Crippen LogP contribution in [0.15, 0.2) is 24.8 Å². The SMILES string of the molecule is C=C[C@]1(C)C[C@@H](OC(=O)C2CCC2)[C@]2(C)[C@H](C)CC[C@]3(CC(=C)C(=O)[C@H]32)[C@@H](C)[C@@H]1OC(=O)C1CCC1. The molecular weight excluding hydrogens is 452 g/mol. The molecule has 5 nitrogen and oxygen atoms in total. The maximum absolute atomic E-state index is 13.9. The standard InChI is InChI=1S/C31H44O5/c1-7-29(5)17-23(35-27(33)21-10-8-11-21)30(6)19(3)14-15-31(16-18(2)24(32)25(30)31)20(4)26(29)36-28(34)22-12-9-13-22/h7,19-23,25-26H,1-2,8-17H2,3-6H3/t19-,20+,23-,25+,26+,29-,30+,31+/m1/s1. The third kappa shape index (κ3) is 3.58. The lowest BCUT2D eigenvalue weighted by Crippen LogP contribution is -2.63. The summed E-state index contributed by atoms with van der Waals surface area (Å²) in [5.74, 6) is -0.359. The van der Waals surface area contributed by atoms with Crippen molar-refractivity contribution in [1.29, 1.82) is 0 Å². The molecule has 0 aromatic carbocycles. The second-order valence-electron chi connectivity index (χ2n) is 13.4. The molecule has 0 unspecified atom stereocenters. The Morgan fingerprint density at radius 2 is 1.56 bits per heavy atom. The van der Waals surface area contributed by atoms with Gasteiger partial charge in [0.25, 0.3) is 0 Å². The molecular formula is C31H44O5. The van der Waals surface area contributed by atoms with E-state index in [9.17, 15) is 14.4 Å². The molecule has 5 fully saturated rings. The molecule has 36 heavy (non-hydrogen) atoms. The van der Waals surface area contributed by atoms with Crippen molar-refractivity contribution >= 4 is 17.7 Å². The summed E-state index contributed by atoms with van der Waals surface area (Å²) in [6.45, 7) is 17.1. The van der Waals surface area contributed by atoms with Crippen molar-refractivity contribution < 1.29 is 23.9 Å². The van der Waals surface area contributed by atoms with E-state index in [1.54, 1.807) is 0 Å². The van der Waals surface area contributed by atoms with Crippen molar-refractivity contribution in [1.82, 2.24) is 0 Å². The molecule has 0 heterocycles. The van der Waals surface area contributed by atoms with Crippen LogP contribution >= 0.6 is 0 Å². The number of ketones is 1. The average molecular weight is 497 g/mol. The summed E-state index contributed by atoms with van der Waals surface area (Å²) in [6.07, 6.45) is 9.59. The van der Waals surface area contributed by atoms with E-state index in [0.717, 1.165) is 51.4 Å². The van der Waals surface area contributed by atoms with Crippen LogP contribution in [0.1, 0.15) is 91.9 Å². The van der Waals surface area contributed by atoms with Crippen LogP contribution in [0.2, 0.25) is 0 Å². The summed E-state index contributed by atoms with van der Waals surface area (Å²) in [5, 5.41) is 0. The van der Waals surface area contributed by atoms with Crippen LogP contribution in [-0.2, 0) is 23.9 Å². The van der Waals surface area contributed by atoms with Crippen molar-refractivity contribution in [2.75, 3.05) is 0 Å². The van der Waals surface area contributed by atoms with Gasteiger partial charge in [-0.3, -0.25) is 14.4 Å². The van der Waals surface area contributed by atoms with Crippen LogP contribution in [0.5, 0.6) is 0 Å². The van der Waals surface area contributed by atoms with Crippen molar-refractivity contribution in [3.8, 4) is 0 Å². The summed E-state index contributed by atoms with van der Waals surface area (Å²) in [7, 11) is 0. The third-order valence-electron chi connectivity index (χ3n) is 11.6. The number of hydrogen-bond acceptors (Lipinski definition) is 5. The molecule has 5 rings (SSSR count). The number of hydrogen-bond donors (Lipinski definition) is 0. The highest BCUT2D eigenvalue weighted by atomic mass is 16.6. The molecule has 0 aromatic rings. The molecule has 0 aromatic heterocycles. The zero-order chi connectivity index (χ0) is 26.0. The van der Waals surface area contributed by atoms with Crippen LogP contribution < -0.4 is 0 Å². The van der Waals surface area contributed by atoms with Crippen LogP contribution in [0.25, 0.3) is 0 Å². The van der Waals surface area contributed by atoms with Gasteiger partial charge in [-0.15, -0.1) is 6.58 Å². The van der Waals surface area contributed by atoms with E-state index in [1.165, 1.54) is 0 Å². The normalized spacial score (nSPS) is 44.9. The van der Waals surface area contributed by atoms with Gasteiger partial charge in [0.05, 0.1) is 11.8 Å². The number of carbonyl (C=O) groups excluding carboxylic acids is 3. The maximum Gasteiger partial charge on any atom is 0.309 e. The average Bonchev–Trinajstić information content (AvgIpc) is 3.02. The Bertz CT molecular complexity index is 975. The Hall–Kier alpha value is -1.91. The molecule has 5 aliphatic rings. The first-order chi connectivity index (χ1) is 17.0. The van der Waals surface area contributed by atoms with E-state index in [2.05, 4.69) is 40.9 Å². The van der Waals surface area contributed by atoms with Gasteiger partial charge in [0.1, 0.15) is 12.2 Å². The summed E-state index contributed by atoms with van der Waals surface area (Å²) in [5.41, 5.74) is -0.809. The number of rotatable bonds is 5. The minimum absolute atomic E-state index is 0.0333. The Labute approximate surface area is 216 Å². The molecule has 0 aliphatic heterocycles. The fourth-order valence-electron chi connectivity index (χ4n) is 8.38. The largest absolute Gasteiger partial charge is 0.462 e. The first-order valence-electron chi connectivity index (χ1n) is 14.2. The van der Waals surface area contributed by atoms with E-state index in [0.29, 0.717) is 18.4 Å². The van der Waals surface area contributed by atoms with Gasteiger partial charge in [-0.2, -0.15) is 0 Å². The quantitative estimate of drug-likeness (QED) is 0.257. The number of Topliss-reactive ketones (excluding diaryl/α,β-unsaturated/α-hetero) is 1. The molecule has 8 atom stereocenters. The van der Waals surface area contributed by atoms with Gasteiger partial charge in [0.15, 0.2) is 5.78 Å². The lowest BCUT2D eigenvalue weighted by atomic mass is 9.44. The fourth-order valence-corrected chi connectivity index (χ4v) is 8.38. The second-order valence-corrected chi connectivity index (χ2v) is 13.4. The maximum atomic E-state index is 13.9. The number of carbonyl (C=O) groups is 3. The minimum atomic E-state index is -0.591. The predicted molar refractivity (Wildman–Crippen MR) is 138 cm³/mol. The molecule has 5 aliphatic carbocycles.